The predicted octanol–water partition coefficient (Wildman–Crippen LogP) is 2.50. The number of para-hydroxylation sites is 1. The quantitative estimate of drug-likeness (QED) is 0.929. The van der Waals surface area contributed by atoms with Gasteiger partial charge in [-0.15, -0.1) is 0 Å². The van der Waals surface area contributed by atoms with Crippen LogP contribution >= 0.6 is 0 Å². The van der Waals surface area contributed by atoms with Gasteiger partial charge in [0.05, 0.1) is 0 Å². The minimum Gasteiger partial charge on any atom is -0.381 e. The summed E-state index contributed by atoms with van der Waals surface area (Å²) in [5.41, 5.74) is 2.54. The van der Waals surface area contributed by atoms with Crippen molar-refractivity contribution in [2.75, 3.05) is 31.7 Å². The van der Waals surface area contributed by atoms with Gasteiger partial charge in [0.2, 0.25) is 5.91 Å². The van der Waals surface area contributed by atoms with E-state index in [4.69, 9.17) is 4.74 Å². The number of hydrogen-bond acceptors (Lipinski definition) is 3. The van der Waals surface area contributed by atoms with Crippen molar-refractivity contribution >= 4 is 11.6 Å². The van der Waals surface area contributed by atoms with Crippen LogP contribution in [0, 0.1) is 5.41 Å². The van der Waals surface area contributed by atoms with Crippen LogP contribution in [0.4, 0.5) is 5.69 Å². The van der Waals surface area contributed by atoms with Crippen LogP contribution in [0.1, 0.15) is 37.8 Å². The lowest BCUT2D eigenvalue weighted by Crippen LogP contribution is -2.42. The van der Waals surface area contributed by atoms with Crippen LogP contribution < -0.4 is 10.2 Å². The van der Waals surface area contributed by atoms with Crippen LogP contribution in [-0.4, -0.2) is 32.7 Å². The minimum absolute atomic E-state index is 0.129. The monoisotopic (exact) mass is 288 g/mol. The van der Waals surface area contributed by atoms with E-state index in [1.807, 2.05) is 25.2 Å². The molecule has 1 aromatic rings. The fourth-order valence-electron chi connectivity index (χ4n) is 3.24. The molecule has 21 heavy (non-hydrogen) atoms. The average Bonchev–Trinajstić information content (AvgIpc) is 2.50. The number of benzene rings is 1. The van der Waals surface area contributed by atoms with Gasteiger partial charge in [0.15, 0.2) is 0 Å². The average molecular weight is 288 g/mol. The Kier molecular flexibility index (Phi) is 4.00. The minimum atomic E-state index is 0.129. The van der Waals surface area contributed by atoms with Crippen molar-refractivity contribution in [1.82, 2.24) is 5.32 Å². The summed E-state index contributed by atoms with van der Waals surface area (Å²) >= 11 is 0. The number of rotatable bonds is 3. The Bertz CT molecular complexity index is 523. The first kappa shape index (κ1) is 14.5. The molecule has 4 heteroatoms. The van der Waals surface area contributed by atoms with Gasteiger partial charge in [-0.1, -0.05) is 25.1 Å². The molecule has 0 aromatic heterocycles. The van der Waals surface area contributed by atoms with Crippen LogP contribution in [0.2, 0.25) is 0 Å². The van der Waals surface area contributed by atoms with Crippen molar-refractivity contribution in [1.29, 1.82) is 0 Å². The lowest BCUT2D eigenvalue weighted by Gasteiger charge is -2.37. The summed E-state index contributed by atoms with van der Waals surface area (Å²) < 4.78 is 5.46. The van der Waals surface area contributed by atoms with E-state index in [2.05, 4.69) is 18.3 Å². The maximum absolute atomic E-state index is 12.2. The van der Waals surface area contributed by atoms with E-state index in [-0.39, 0.29) is 17.4 Å². The van der Waals surface area contributed by atoms with Crippen LogP contribution in [0.5, 0.6) is 0 Å². The highest BCUT2D eigenvalue weighted by atomic mass is 16.5. The molecule has 1 aromatic carbocycles. The molecule has 1 N–H and O–H groups in total. The molecule has 1 unspecified atom stereocenters. The van der Waals surface area contributed by atoms with Crippen LogP contribution in [0.25, 0.3) is 0 Å². The van der Waals surface area contributed by atoms with E-state index >= 15 is 0 Å². The summed E-state index contributed by atoms with van der Waals surface area (Å²) in [6.07, 6.45) is 2.71. The van der Waals surface area contributed by atoms with E-state index in [1.165, 1.54) is 5.56 Å². The Morgan fingerprint density at radius 2 is 2.05 bits per heavy atom. The molecular formula is C17H24N2O2. The van der Waals surface area contributed by atoms with Crippen molar-refractivity contribution in [3.63, 3.8) is 0 Å². The predicted molar refractivity (Wildman–Crippen MR) is 83.4 cm³/mol. The highest BCUT2D eigenvalue weighted by Gasteiger charge is 2.32. The van der Waals surface area contributed by atoms with Crippen LogP contribution in [0.15, 0.2) is 24.3 Å². The molecule has 0 spiro atoms. The summed E-state index contributed by atoms with van der Waals surface area (Å²) in [5.74, 6) is 0.184. The molecule has 1 fully saturated rings. The number of amides is 1. The number of ether oxygens (including phenoxy) is 1. The second-order valence-electron chi connectivity index (χ2n) is 6.57. The summed E-state index contributed by atoms with van der Waals surface area (Å²) in [7, 11) is 1.86. The van der Waals surface area contributed by atoms with Crippen molar-refractivity contribution in [3.05, 3.63) is 29.8 Å². The molecule has 0 bridgehead atoms. The molecule has 4 nitrogen and oxygen atoms in total. The zero-order valence-corrected chi connectivity index (χ0v) is 12.9. The highest BCUT2D eigenvalue weighted by molar-refractivity contribution is 5.96. The largest absolute Gasteiger partial charge is 0.381 e. The number of nitrogens with zero attached hydrogens (tertiary/aromatic N) is 1. The zero-order valence-electron chi connectivity index (χ0n) is 12.9. The van der Waals surface area contributed by atoms with E-state index in [1.54, 1.807) is 4.90 Å². The standard InChI is InChI=1S/C17H24N2O2/c1-17(7-9-21-10-8-17)12-18-14-11-16(20)19(2)15-6-4-3-5-13(14)15/h3-6,14,18H,7-12H2,1-2H3. The zero-order chi connectivity index (χ0) is 14.9. The summed E-state index contributed by atoms with van der Waals surface area (Å²) in [5, 5.41) is 3.64. The second-order valence-corrected chi connectivity index (χ2v) is 6.57. The number of fused-ring (bicyclic) bond motifs is 1. The maximum atomic E-state index is 12.2. The molecular weight excluding hydrogens is 264 g/mol. The Balaban J connectivity index is 1.74. The van der Waals surface area contributed by atoms with Gasteiger partial charge >= 0.3 is 0 Å². The van der Waals surface area contributed by atoms with E-state index in [0.29, 0.717) is 6.42 Å². The third kappa shape index (κ3) is 2.97. The fraction of sp³-hybridized carbons (Fsp3) is 0.588. The molecule has 0 radical (unpaired) electrons. The van der Waals surface area contributed by atoms with E-state index < -0.39 is 0 Å². The number of anilines is 1. The number of nitrogens with one attached hydrogen (secondary N) is 1. The third-order valence-corrected chi connectivity index (χ3v) is 4.90. The summed E-state index contributed by atoms with van der Waals surface area (Å²) in [6.45, 7) is 4.94. The third-order valence-electron chi connectivity index (χ3n) is 4.90. The van der Waals surface area contributed by atoms with E-state index in [0.717, 1.165) is 38.3 Å². The molecule has 2 heterocycles. The lowest BCUT2D eigenvalue weighted by atomic mass is 9.82. The molecule has 114 valence electrons. The van der Waals surface area contributed by atoms with Gasteiger partial charge in [0.1, 0.15) is 0 Å². The molecule has 3 rings (SSSR count). The topological polar surface area (TPSA) is 41.6 Å². The molecule has 0 saturated carbocycles. The van der Waals surface area contributed by atoms with Crippen molar-refractivity contribution in [2.24, 2.45) is 5.41 Å². The molecule has 0 aliphatic carbocycles. The molecule has 2 aliphatic heterocycles. The highest BCUT2D eigenvalue weighted by Crippen LogP contribution is 2.35. The Hall–Kier alpha value is -1.39. The first-order chi connectivity index (χ1) is 10.1. The second kappa shape index (κ2) is 5.78. The maximum Gasteiger partial charge on any atom is 0.228 e. The molecule has 2 aliphatic rings. The van der Waals surface area contributed by atoms with Crippen LogP contribution in [0.3, 0.4) is 0 Å². The lowest BCUT2D eigenvalue weighted by molar-refractivity contribution is -0.119. The normalized spacial score (nSPS) is 24.8. The Labute approximate surface area is 126 Å². The van der Waals surface area contributed by atoms with Gasteiger partial charge in [0.25, 0.3) is 0 Å². The van der Waals surface area contributed by atoms with Gasteiger partial charge in [-0.05, 0) is 29.9 Å². The Morgan fingerprint density at radius 1 is 1.33 bits per heavy atom. The number of carbonyl (C=O) groups excluding carboxylic acids is 1. The molecule has 1 atom stereocenters. The Morgan fingerprint density at radius 3 is 2.81 bits per heavy atom. The summed E-state index contributed by atoms with van der Waals surface area (Å²) in [4.78, 5) is 13.9. The first-order valence-electron chi connectivity index (χ1n) is 7.76. The van der Waals surface area contributed by atoms with Crippen molar-refractivity contribution in [2.45, 2.75) is 32.2 Å². The smallest absolute Gasteiger partial charge is 0.228 e. The molecule has 1 amide bonds. The van der Waals surface area contributed by atoms with Crippen molar-refractivity contribution in [3.8, 4) is 0 Å². The van der Waals surface area contributed by atoms with Gasteiger partial charge < -0.3 is 15.0 Å². The SMILES string of the molecule is CN1C(=O)CC(NCC2(C)CCOCC2)c2ccccc21. The molecule has 1 saturated heterocycles. The number of hydrogen-bond donors (Lipinski definition) is 1. The van der Waals surface area contributed by atoms with Gasteiger partial charge in [-0.3, -0.25) is 4.79 Å². The van der Waals surface area contributed by atoms with Gasteiger partial charge in [-0.2, -0.15) is 0 Å². The van der Waals surface area contributed by atoms with E-state index in [9.17, 15) is 4.79 Å². The number of carbonyl (C=O) groups is 1. The first-order valence-corrected chi connectivity index (χ1v) is 7.76. The van der Waals surface area contributed by atoms with Gasteiger partial charge in [0, 0.05) is 45.0 Å². The van der Waals surface area contributed by atoms with Gasteiger partial charge in [-0.25, -0.2) is 0 Å². The van der Waals surface area contributed by atoms with Crippen LogP contribution in [-0.2, 0) is 9.53 Å². The fourth-order valence-corrected chi connectivity index (χ4v) is 3.24. The van der Waals surface area contributed by atoms with Crippen molar-refractivity contribution < 1.29 is 9.53 Å². The summed E-state index contributed by atoms with van der Waals surface area (Å²) in [6, 6.07) is 8.32.